The van der Waals surface area contributed by atoms with Crippen LogP contribution in [0.5, 0.6) is 0 Å². The second kappa shape index (κ2) is 6.88. The smallest absolute Gasteiger partial charge is 0.0588 e. The fourth-order valence-electron chi connectivity index (χ4n) is 5.28. The van der Waals surface area contributed by atoms with Crippen LogP contribution in [0.1, 0.15) is 43.6 Å². The first-order chi connectivity index (χ1) is 12.8. The summed E-state index contributed by atoms with van der Waals surface area (Å²) in [5, 5.41) is 0. The summed E-state index contributed by atoms with van der Waals surface area (Å²) >= 11 is 3.73. The number of hydrogen-bond donors (Lipinski definition) is 0. The van der Waals surface area contributed by atoms with Crippen LogP contribution in [-0.2, 0) is 0 Å². The number of benzene rings is 1. The van der Waals surface area contributed by atoms with Gasteiger partial charge in [0.1, 0.15) is 0 Å². The van der Waals surface area contributed by atoms with Crippen LogP contribution >= 0.6 is 15.9 Å². The van der Waals surface area contributed by atoms with Gasteiger partial charge in [-0.2, -0.15) is 0 Å². The summed E-state index contributed by atoms with van der Waals surface area (Å²) in [6, 6.07) is 9.61. The lowest BCUT2D eigenvalue weighted by Crippen LogP contribution is -2.36. The van der Waals surface area contributed by atoms with Gasteiger partial charge in [0, 0.05) is 22.1 Å². The number of rotatable bonds is 2. The van der Waals surface area contributed by atoms with Crippen LogP contribution in [0, 0.1) is 11.8 Å². The number of nitrogens with zero attached hydrogens (tertiary/aromatic N) is 1. The Bertz CT molecular complexity index is 802. The van der Waals surface area contributed by atoms with Gasteiger partial charge in [-0.3, -0.25) is 0 Å². The Balaban J connectivity index is 1.48. The zero-order chi connectivity index (χ0) is 17.5. The Morgan fingerprint density at radius 3 is 2.65 bits per heavy atom. The number of halogens is 1. The number of alkyl halides is 1. The van der Waals surface area contributed by atoms with E-state index >= 15 is 0 Å². The van der Waals surface area contributed by atoms with E-state index in [1.807, 2.05) is 0 Å². The molecule has 3 aliphatic carbocycles. The van der Waals surface area contributed by atoms with Crippen LogP contribution in [0.4, 0.5) is 5.69 Å². The quantitative estimate of drug-likeness (QED) is 0.399. The molecule has 5 unspecified atom stereocenters. The fraction of sp³-hybridized carbons (Fsp3) is 0.417. The van der Waals surface area contributed by atoms with Crippen LogP contribution < -0.4 is 4.90 Å². The van der Waals surface area contributed by atoms with Gasteiger partial charge in [0.2, 0.25) is 0 Å². The molecule has 1 aromatic carbocycles. The van der Waals surface area contributed by atoms with E-state index in [1.165, 1.54) is 30.6 Å². The number of fused-ring (bicyclic) bond motifs is 3. The van der Waals surface area contributed by atoms with Crippen molar-refractivity contribution in [1.82, 2.24) is 0 Å². The maximum atomic E-state index is 3.73. The van der Waals surface area contributed by atoms with Gasteiger partial charge in [0.15, 0.2) is 0 Å². The second-order valence-electron chi connectivity index (χ2n) is 8.08. The monoisotopic (exact) mass is 407 g/mol. The van der Waals surface area contributed by atoms with Crippen molar-refractivity contribution < 1.29 is 0 Å². The van der Waals surface area contributed by atoms with Gasteiger partial charge in [0.25, 0.3) is 0 Å². The molecule has 0 spiro atoms. The summed E-state index contributed by atoms with van der Waals surface area (Å²) in [6.07, 6.45) is 22.9. The van der Waals surface area contributed by atoms with Crippen molar-refractivity contribution in [2.24, 2.45) is 11.8 Å². The summed E-state index contributed by atoms with van der Waals surface area (Å²) in [6.45, 7) is 0. The predicted octanol–water partition coefficient (Wildman–Crippen LogP) is 6.50. The number of anilines is 1. The molecule has 0 fully saturated rings. The molecule has 0 radical (unpaired) electrons. The normalized spacial score (nSPS) is 35.2. The van der Waals surface area contributed by atoms with Crippen molar-refractivity contribution in [3.8, 4) is 0 Å². The molecule has 1 heterocycles. The molecule has 1 aliphatic heterocycles. The molecule has 5 atom stereocenters. The van der Waals surface area contributed by atoms with E-state index in [2.05, 4.69) is 87.6 Å². The summed E-state index contributed by atoms with van der Waals surface area (Å²) in [5.74, 6) is 2.02. The van der Waals surface area contributed by atoms with Crippen molar-refractivity contribution in [2.75, 3.05) is 4.90 Å². The van der Waals surface area contributed by atoms with E-state index < -0.39 is 0 Å². The van der Waals surface area contributed by atoms with E-state index in [9.17, 15) is 0 Å². The molecule has 0 saturated heterocycles. The van der Waals surface area contributed by atoms with Gasteiger partial charge in [-0.1, -0.05) is 70.6 Å². The van der Waals surface area contributed by atoms with Gasteiger partial charge < -0.3 is 4.90 Å². The van der Waals surface area contributed by atoms with E-state index in [0.717, 1.165) is 12.8 Å². The molecule has 26 heavy (non-hydrogen) atoms. The topological polar surface area (TPSA) is 3.24 Å². The van der Waals surface area contributed by atoms with Crippen molar-refractivity contribution in [2.45, 2.75) is 48.9 Å². The highest BCUT2D eigenvalue weighted by Crippen LogP contribution is 2.50. The predicted molar refractivity (Wildman–Crippen MR) is 114 cm³/mol. The first-order valence-electron chi connectivity index (χ1n) is 10.1. The molecule has 2 heteroatoms. The third kappa shape index (κ3) is 2.83. The van der Waals surface area contributed by atoms with Crippen LogP contribution in [0.3, 0.4) is 0 Å². The SMILES string of the molecule is BrC1C=CC(C2C=CC3C(C2)c2ccccc2N3C2=CC=CCC2)CC1. The Labute approximate surface area is 165 Å². The third-order valence-corrected chi connectivity index (χ3v) is 7.34. The fourth-order valence-corrected chi connectivity index (χ4v) is 5.72. The van der Waals surface area contributed by atoms with E-state index in [-0.39, 0.29) is 0 Å². The minimum atomic E-state index is 0.498. The van der Waals surface area contributed by atoms with E-state index in [4.69, 9.17) is 0 Å². The van der Waals surface area contributed by atoms with Crippen LogP contribution in [0.2, 0.25) is 0 Å². The zero-order valence-corrected chi connectivity index (χ0v) is 16.7. The first kappa shape index (κ1) is 16.6. The van der Waals surface area contributed by atoms with Crippen LogP contribution in [0.15, 0.2) is 72.5 Å². The van der Waals surface area contributed by atoms with E-state index in [1.54, 1.807) is 5.56 Å². The lowest BCUT2D eigenvalue weighted by molar-refractivity contribution is 0.353. The molecule has 0 amide bonds. The highest BCUT2D eigenvalue weighted by molar-refractivity contribution is 9.09. The van der Waals surface area contributed by atoms with E-state index in [0.29, 0.717) is 28.6 Å². The minimum absolute atomic E-state index is 0.498. The Morgan fingerprint density at radius 1 is 0.962 bits per heavy atom. The average molecular weight is 408 g/mol. The highest BCUT2D eigenvalue weighted by atomic mass is 79.9. The summed E-state index contributed by atoms with van der Waals surface area (Å²) < 4.78 is 0. The number of hydrogen-bond acceptors (Lipinski definition) is 1. The molecule has 134 valence electrons. The zero-order valence-electron chi connectivity index (χ0n) is 15.1. The maximum Gasteiger partial charge on any atom is 0.0588 e. The third-order valence-electron chi connectivity index (χ3n) is 6.58. The van der Waals surface area contributed by atoms with Crippen LogP contribution in [0.25, 0.3) is 0 Å². The first-order valence-corrected chi connectivity index (χ1v) is 11.0. The van der Waals surface area contributed by atoms with Crippen molar-refractivity contribution >= 4 is 21.6 Å². The summed E-state index contributed by atoms with van der Waals surface area (Å²) in [7, 11) is 0. The molecule has 0 N–H and O–H groups in total. The Morgan fingerprint density at radius 2 is 1.85 bits per heavy atom. The molecular formula is C24H26BrN. The Kier molecular flexibility index (Phi) is 4.40. The Hall–Kier alpha value is -1.54. The standard InChI is InChI=1S/C24H26BrN/c25-19-13-10-17(11-14-19)18-12-15-24-22(16-18)21-8-4-5-9-23(21)26(24)20-6-2-1-3-7-20/h1-2,4-6,8-10,12-13,15,17-19,22,24H,3,7,11,14,16H2. The van der Waals surface area contributed by atoms with Gasteiger partial charge >= 0.3 is 0 Å². The molecule has 1 nitrogen and oxygen atoms in total. The molecule has 0 saturated carbocycles. The largest absolute Gasteiger partial charge is 0.337 e. The number of para-hydroxylation sites is 1. The molecular weight excluding hydrogens is 382 g/mol. The van der Waals surface area contributed by atoms with Crippen molar-refractivity contribution in [3.63, 3.8) is 0 Å². The molecule has 4 aliphatic rings. The second-order valence-corrected chi connectivity index (χ2v) is 9.25. The van der Waals surface area contributed by atoms with Gasteiger partial charge in [0.05, 0.1) is 6.04 Å². The lowest BCUT2D eigenvalue weighted by atomic mass is 9.73. The number of allylic oxidation sites excluding steroid dienone is 7. The summed E-state index contributed by atoms with van der Waals surface area (Å²) in [4.78, 5) is 3.20. The summed E-state index contributed by atoms with van der Waals surface area (Å²) in [5.41, 5.74) is 4.48. The maximum absolute atomic E-state index is 3.73. The van der Waals surface area contributed by atoms with Gasteiger partial charge in [-0.25, -0.2) is 0 Å². The molecule has 0 bridgehead atoms. The van der Waals surface area contributed by atoms with Crippen molar-refractivity contribution in [1.29, 1.82) is 0 Å². The molecule has 5 rings (SSSR count). The molecule has 0 aromatic heterocycles. The van der Waals surface area contributed by atoms with Crippen LogP contribution in [-0.4, -0.2) is 10.9 Å². The highest BCUT2D eigenvalue weighted by Gasteiger charge is 2.42. The molecule has 1 aromatic rings. The van der Waals surface area contributed by atoms with Gasteiger partial charge in [-0.15, -0.1) is 0 Å². The van der Waals surface area contributed by atoms with Gasteiger partial charge in [-0.05, 0) is 61.6 Å². The minimum Gasteiger partial charge on any atom is -0.337 e. The lowest BCUT2D eigenvalue weighted by Gasteiger charge is -2.37. The average Bonchev–Trinajstić information content (AvgIpc) is 3.03. The van der Waals surface area contributed by atoms with Crippen molar-refractivity contribution in [3.05, 3.63) is 78.1 Å².